The highest BCUT2D eigenvalue weighted by Crippen LogP contribution is 2.38. The normalized spacial score (nSPS) is 19.2. The van der Waals surface area contributed by atoms with E-state index >= 15 is 0 Å². The minimum Gasteiger partial charge on any atom is -0.493 e. The van der Waals surface area contributed by atoms with E-state index in [0.717, 1.165) is 41.6 Å². The van der Waals surface area contributed by atoms with Gasteiger partial charge in [-0.2, -0.15) is 0 Å². The molecule has 2 rings (SSSR count). The average Bonchev–Trinajstić information content (AvgIpc) is 2.44. The van der Waals surface area contributed by atoms with Crippen molar-refractivity contribution in [1.82, 2.24) is 5.32 Å². The number of ether oxygens (including phenoxy) is 2. The van der Waals surface area contributed by atoms with E-state index in [1.165, 1.54) is 12.8 Å². The van der Waals surface area contributed by atoms with Crippen LogP contribution >= 0.6 is 11.6 Å². The lowest BCUT2D eigenvalue weighted by Crippen LogP contribution is -2.31. The Bertz CT molecular complexity index is 417. The van der Waals surface area contributed by atoms with E-state index in [1.807, 2.05) is 19.1 Å². The molecule has 3 nitrogen and oxygen atoms in total. The van der Waals surface area contributed by atoms with Crippen molar-refractivity contribution < 1.29 is 9.47 Å². The summed E-state index contributed by atoms with van der Waals surface area (Å²) in [6.45, 7) is 4.78. The fraction of sp³-hybridized carbons (Fsp3) is 0.600. The standard InChI is InChI=1S/C15H22ClNO2/c1-3-19-15-12(9-11-5-4-8-17-10-11)13(16)6-7-14(15)18-2/h6-7,11,17H,3-5,8-10H2,1-2H3. The second kappa shape index (κ2) is 7.01. The van der Waals surface area contributed by atoms with E-state index in [-0.39, 0.29) is 0 Å². The minimum atomic E-state index is 0.618. The summed E-state index contributed by atoms with van der Waals surface area (Å²) >= 11 is 6.36. The first-order valence-electron chi connectivity index (χ1n) is 6.95. The molecule has 1 N–H and O–H groups in total. The zero-order valence-electron chi connectivity index (χ0n) is 11.7. The smallest absolute Gasteiger partial charge is 0.165 e. The Hall–Kier alpha value is -0.930. The Morgan fingerprint density at radius 3 is 2.89 bits per heavy atom. The van der Waals surface area contributed by atoms with Crippen LogP contribution in [0.2, 0.25) is 5.02 Å². The van der Waals surface area contributed by atoms with Gasteiger partial charge in [0.05, 0.1) is 13.7 Å². The summed E-state index contributed by atoms with van der Waals surface area (Å²) in [6.07, 6.45) is 3.42. The molecule has 0 saturated carbocycles. The quantitative estimate of drug-likeness (QED) is 0.899. The van der Waals surface area contributed by atoms with Gasteiger partial charge in [0.15, 0.2) is 11.5 Å². The summed E-state index contributed by atoms with van der Waals surface area (Å²) in [5.74, 6) is 2.20. The van der Waals surface area contributed by atoms with Gasteiger partial charge in [-0.25, -0.2) is 0 Å². The molecule has 0 spiro atoms. The molecule has 1 saturated heterocycles. The van der Waals surface area contributed by atoms with Crippen LogP contribution in [0.3, 0.4) is 0 Å². The lowest BCUT2D eigenvalue weighted by atomic mass is 9.92. The first-order valence-corrected chi connectivity index (χ1v) is 7.33. The van der Waals surface area contributed by atoms with E-state index in [1.54, 1.807) is 7.11 Å². The Balaban J connectivity index is 2.25. The molecule has 1 aromatic rings. The van der Waals surface area contributed by atoms with Crippen molar-refractivity contribution in [3.8, 4) is 11.5 Å². The van der Waals surface area contributed by atoms with Gasteiger partial charge in [-0.05, 0) is 57.3 Å². The number of halogens is 1. The topological polar surface area (TPSA) is 30.5 Å². The van der Waals surface area contributed by atoms with Crippen LogP contribution in [0.25, 0.3) is 0 Å². The Morgan fingerprint density at radius 2 is 2.26 bits per heavy atom. The predicted molar refractivity (Wildman–Crippen MR) is 78.5 cm³/mol. The molecule has 0 aromatic heterocycles. The van der Waals surface area contributed by atoms with E-state index in [2.05, 4.69) is 5.32 Å². The zero-order chi connectivity index (χ0) is 13.7. The van der Waals surface area contributed by atoms with Crippen molar-refractivity contribution in [2.45, 2.75) is 26.2 Å². The van der Waals surface area contributed by atoms with Gasteiger partial charge in [-0.1, -0.05) is 11.6 Å². The minimum absolute atomic E-state index is 0.618. The number of benzene rings is 1. The number of hydrogen-bond donors (Lipinski definition) is 1. The van der Waals surface area contributed by atoms with E-state index in [0.29, 0.717) is 12.5 Å². The maximum atomic E-state index is 6.36. The van der Waals surface area contributed by atoms with Crippen molar-refractivity contribution in [2.24, 2.45) is 5.92 Å². The van der Waals surface area contributed by atoms with Gasteiger partial charge in [0.1, 0.15) is 0 Å². The molecule has 19 heavy (non-hydrogen) atoms. The molecular formula is C15H22ClNO2. The molecule has 0 amide bonds. The van der Waals surface area contributed by atoms with Crippen molar-refractivity contribution in [3.63, 3.8) is 0 Å². The summed E-state index contributed by atoms with van der Waals surface area (Å²) in [7, 11) is 1.66. The number of rotatable bonds is 5. The van der Waals surface area contributed by atoms with Crippen LogP contribution in [0, 0.1) is 5.92 Å². The van der Waals surface area contributed by atoms with E-state index in [9.17, 15) is 0 Å². The van der Waals surface area contributed by atoms with Crippen molar-refractivity contribution in [3.05, 3.63) is 22.7 Å². The molecule has 1 unspecified atom stereocenters. The molecule has 1 fully saturated rings. The molecule has 4 heteroatoms. The molecule has 1 aromatic carbocycles. The third kappa shape index (κ3) is 3.54. The third-order valence-corrected chi connectivity index (χ3v) is 3.92. The van der Waals surface area contributed by atoms with Crippen molar-refractivity contribution >= 4 is 11.6 Å². The van der Waals surface area contributed by atoms with Gasteiger partial charge >= 0.3 is 0 Å². The highest BCUT2D eigenvalue weighted by atomic mass is 35.5. The molecule has 1 aliphatic rings. The molecular weight excluding hydrogens is 262 g/mol. The van der Waals surface area contributed by atoms with Gasteiger partial charge in [0.2, 0.25) is 0 Å². The summed E-state index contributed by atoms with van der Waals surface area (Å²) in [5.41, 5.74) is 1.08. The molecule has 1 atom stereocenters. The Labute approximate surface area is 120 Å². The monoisotopic (exact) mass is 283 g/mol. The summed E-state index contributed by atoms with van der Waals surface area (Å²) in [5, 5.41) is 4.21. The molecule has 106 valence electrons. The molecule has 1 heterocycles. The van der Waals surface area contributed by atoms with Gasteiger partial charge < -0.3 is 14.8 Å². The van der Waals surface area contributed by atoms with Crippen LogP contribution in [0.4, 0.5) is 0 Å². The highest BCUT2D eigenvalue weighted by Gasteiger charge is 2.20. The van der Waals surface area contributed by atoms with Crippen LogP contribution < -0.4 is 14.8 Å². The van der Waals surface area contributed by atoms with Crippen LogP contribution in [0.15, 0.2) is 12.1 Å². The van der Waals surface area contributed by atoms with Crippen LogP contribution in [0.1, 0.15) is 25.3 Å². The maximum Gasteiger partial charge on any atom is 0.165 e. The van der Waals surface area contributed by atoms with Crippen molar-refractivity contribution in [2.75, 3.05) is 26.8 Å². The SMILES string of the molecule is CCOc1c(OC)ccc(Cl)c1CC1CCCNC1. The van der Waals surface area contributed by atoms with Crippen LogP contribution in [-0.2, 0) is 6.42 Å². The van der Waals surface area contributed by atoms with Crippen LogP contribution in [0.5, 0.6) is 11.5 Å². The van der Waals surface area contributed by atoms with Gasteiger partial charge in [-0.3, -0.25) is 0 Å². The molecule has 0 radical (unpaired) electrons. The number of nitrogens with one attached hydrogen (secondary N) is 1. The van der Waals surface area contributed by atoms with E-state index in [4.69, 9.17) is 21.1 Å². The zero-order valence-corrected chi connectivity index (χ0v) is 12.4. The number of methoxy groups -OCH3 is 1. The third-order valence-electron chi connectivity index (χ3n) is 3.57. The first kappa shape index (κ1) is 14.5. The maximum absolute atomic E-state index is 6.36. The lowest BCUT2D eigenvalue weighted by Gasteiger charge is -2.24. The highest BCUT2D eigenvalue weighted by molar-refractivity contribution is 6.31. The number of piperidine rings is 1. The van der Waals surface area contributed by atoms with E-state index < -0.39 is 0 Å². The van der Waals surface area contributed by atoms with Gasteiger partial charge in [0.25, 0.3) is 0 Å². The average molecular weight is 284 g/mol. The fourth-order valence-electron chi connectivity index (χ4n) is 2.62. The molecule has 0 aliphatic carbocycles. The summed E-state index contributed by atoms with van der Waals surface area (Å²) in [6, 6.07) is 3.77. The predicted octanol–water partition coefficient (Wildman–Crippen LogP) is 3.29. The number of hydrogen-bond acceptors (Lipinski definition) is 3. The van der Waals surface area contributed by atoms with Crippen molar-refractivity contribution in [1.29, 1.82) is 0 Å². The van der Waals surface area contributed by atoms with Gasteiger partial charge in [-0.15, -0.1) is 0 Å². The van der Waals surface area contributed by atoms with Gasteiger partial charge in [0, 0.05) is 10.6 Å². The summed E-state index contributed by atoms with van der Waals surface area (Å²) in [4.78, 5) is 0. The first-order chi connectivity index (χ1) is 9.26. The fourth-order valence-corrected chi connectivity index (χ4v) is 2.85. The Kier molecular flexibility index (Phi) is 5.34. The summed E-state index contributed by atoms with van der Waals surface area (Å²) < 4.78 is 11.1. The largest absolute Gasteiger partial charge is 0.493 e. The lowest BCUT2D eigenvalue weighted by molar-refractivity contribution is 0.302. The molecule has 1 aliphatic heterocycles. The second-order valence-electron chi connectivity index (χ2n) is 4.91. The second-order valence-corrected chi connectivity index (χ2v) is 5.31. The molecule has 0 bridgehead atoms. The Morgan fingerprint density at radius 1 is 1.42 bits per heavy atom. The van der Waals surface area contributed by atoms with Crippen LogP contribution in [-0.4, -0.2) is 26.8 Å².